The number of carbonyl (C=O) groups excluding carboxylic acids is 3. The molecule has 0 aliphatic heterocycles. The Morgan fingerprint density at radius 3 is 1.18 bits per heavy atom. The Labute approximate surface area is 542 Å². The number of carbonyl (C=O) groups is 3. The van der Waals surface area contributed by atoms with E-state index in [2.05, 4.69) is 51.3 Å². The van der Waals surface area contributed by atoms with Crippen molar-refractivity contribution < 1.29 is 63.7 Å². The molecule has 3 heterocycles. The Bertz CT molecular complexity index is 3940. The molecule has 0 aliphatic rings. The smallest absolute Gasteiger partial charge is 0.408 e. The summed E-state index contributed by atoms with van der Waals surface area (Å²) in [7, 11) is 0. The lowest BCUT2D eigenvalue weighted by Gasteiger charge is -2.31. The van der Waals surface area contributed by atoms with Gasteiger partial charge in [-0.3, -0.25) is 5.10 Å². The summed E-state index contributed by atoms with van der Waals surface area (Å²) in [6.45, 7) is 32.8. The number of H-pyrrole nitrogens is 1. The van der Waals surface area contributed by atoms with Gasteiger partial charge >= 0.3 is 18.3 Å². The first-order valence-corrected chi connectivity index (χ1v) is 30.0. The Hall–Kier alpha value is -9.23. The molecular weight excluding hydrogens is 1230 g/mol. The van der Waals surface area contributed by atoms with Crippen LogP contribution in [-0.2, 0) is 27.3 Å². The average molecular weight is 1320 g/mol. The van der Waals surface area contributed by atoms with Crippen molar-refractivity contribution in [3.63, 3.8) is 0 Å². The highest BCUT2D eigenvalue weighted by Gasteiger charge is 2.38. The molecule has 0 radical (unpaired) electrons. The molecule has 8 aromatic rings. The number of aromatic nitrogens is 9. The zero-order valence-corrected chi connectivity index (χ0v) is 56.0. The molecule has 94 heavy (non-hydrogen) atoms. The lowest BCUT2D eigenvalue weighted by atomic mass is 9.86. The Morgan fingerprint density at radius 1 is 0.426 bits per heavy atom. The van der Waals surface area contributed by atoms with E-state index < -0.39 is 116 Å². The van der Waals surface area contributed by atoms with Crippen molar-refractivity contribution >= 4 is 18.3 Å². The summed E-state index contributed by atoms with van der Waals surface area (Å²) in [5, 5.41) is 23.9. The van der Waals surface area contributed by atoms with Gasteiger partial charge < -0.3 is 30.2 Å². The number of benzene rings is 5. The summed E-state index contributed by atoms with van der Waals surface area (Å²) in [6.07, 6.45) is -1.94. The molecule has 0 spiro atoms. The maximum Gasteiger partial charge on any atom is 0.408 e. The lowest BCUT2D eigenvalue weighted by molar-refractivity contribution is 0.0446. The summed E-state index contributed by atoms with van der Waals surface area (Å²) < 4.78 is 131. The normalized spacial score (nSPS) is 13.1. The van der Waals surface area contributed by atoms with E-state index in [-0.39, 0.29) is 53.1 Å². The van der Waals surface area contributed by atoms with Crippen LogP contribution < -0.4 is 16.0 Å². The number of amides is 3. The highest BCUT2D eigenvalue weighted by molar-refractivity contribution is 5.70. The number of nitrogens with zero attached hydrogens (tertiary/aromatic N) is 8. The molecule has 0 bridgehead atoms. The number of hydrogen-bond donors (Lipinski definition) is 4. The van der Waals surface area contributed by atoms with Crippen LogP contribution in [0.4, 0.5) is 49.5 Å². The number of hydrogen-bond acceptors (Lipinski definition) is 12. The van der Waals surface area contributed by atoms with Gasteiger partial charge in [0.2, 0.25) is 0 Å². The first-order chi connectivity index (χ1) is 43.3. The number of ether oxygens (including phenoxy) is 3. The van der Waals surface area contributed by atoms with Gasteiger partial charge in [-0.2, -0.15) is 15.3 Å². The van der Waals surface area contributed by atoms with Crippen molar-refractivity contribution in [2.75, 3.05) is 0 Å². The molecule has 506 valence electrons. The summed E-state index contributed by atoms with van der Waals surface area (Å²) in [5.41, 5.74) is -3.11. The van der Waals surface area contributed by atoms with Crippen LogP contribution in [0.15, 0.2) is 103 Å². The highest BCUT2D eigenvalue weighted by atomic mass is 19.2. The van der Waals surface area contributed by atoms with E-state index in [0.717, 1.165) is 54.6 Å². The molecule has 0 aliphatic carbocycles. The lowest BCUT2D eigenvalue weighted by Crippen LogP contribution is -2.41. The minimum Gasteiger partial charge on any atom is -0.444 e. The summed E-state index contributed by atoms with van der Waals surface area (Å²) in [6, 6.07) is 19.1. The minimum absolute atomic E-state index is 0.0113. The molecule has 4 N–H and O–H groups in total. The van der Waals surface area contributed by atoms with Crippen LogP contribution in [-0.4, -0.2) is 79.8 Å². The van der Waals surface area contributed by atoms with E-state index in [1.807, 2.05) is 62.3 Å². The molecule has 3 aromatic heterocycles. The first-order valence-electron chi connectivity index (χ1n) is 30.0. The molecule has 5 aromatic carbocycles. The molecule has 0 unspecified atom stereocenters. The fraction of sp³-hybridized carbons (Fsp3) is 0.426. The van der Waals surface area contributed by atoms with Gasteiger partial charge in [0.1, 0.15) is 69.2 Å². The minimum atomic E-state index is -0.744. The van der Waals surface area contributed by atoms with Crippen LogP contribution in [0.5, 0.6) is 0 Å². The topological polar surface area (TPSA) is 218 Å². The Morgan fingerprint density at radius 2 is 0.798 bits per heavy atom. The molecule has 26 heteroatoms. The second-order valence-corrected chi connectivity index (χ2v) is 28.4. The third-order valence-corrected chi connectivity index (χ3v) is 13.3. The fourth-order valence-electron chi connectivity index (χ4n) is 9.03. The van der Waals surface area contributed by atoms with Crippen molar-refractivity contribution in [2.24, 2.45) is 16.2 Å². The SMILES string of the molecule is CC(C)(C)OC(=O)N[C@@H](c1nc(-c2cc(F)ccc2F)n[nH]1)C(C)(C)C.CC(C)(C)OC(=O)N[C@@H](c1nc(-c2cc(F)ccc2F)nn1Cc1cccc(F)c1)C(C)(C)C.CC(C)(C)OC(=O)N[C@@H](c1nc(-c2cc(F)ccc2F)nn1Cc1ccccc1F)C(C)(C)C. The Kier molecular flexibility index (Phi) is 23.1. The van der Waals surface area contributed by atoms with Crippen molar-refractivity contribution in [3.05, 3.63) is 178 Å². The van der Waals surface area contributed by atoms with Gasteiger partial charge in [-0.15, -0.1) is 0 Å². The molecule has 18 nitrogen and oxygen atoms in total. The first kappa shape index (κ1) is 73.8. The van der Waals surface area contributed by atoms with Gasteiger partial charge in [0.05, 0.1) is 47.9 Å². The van der Waals surface area contributed by atoms with Crippen molar-refractivity contribution in [1.29, 1.82) is 0 Å². The summed E-state index contributed by atoms with van der Waals surface area (Å²) in [4.78, 5) is 50.6. The monoisotopic (exact) mass is 1310 g/mol. The van der Waals surface area contributed by atoms with E-state index in [9.17, 15) is 49.5 Å². The molecule has 3 amide bonds. The van der Waals surface area contributed by atoms with Gasteiger partial charge in [-0.05, 0) is 157 Å². The maximum atomic E-state index is 14.5. The number of alkyl carbamates (subject to hydrolysis) is 3. The van der Waals surface area contributed by atoms with E-state index in [0.29, 0.717) is 22.8 Å². The quantitative estimate of drug-likeness (QED) is 0.0626. The molecular formula is C68H82F8N12O6. The molecule has 3 atom stereocenters. The second-order valence-electron chi connectivity index (χ2n) is 28.4. The molecule has 0 saturated carbocycles. The van der Waals surface area contributed by atoms with E-state index >= 15 is 0 Å². The van der Waals surface area contributed by atoms with Gasteiger partial charge in [0.15, 0.2) is 29.1 Å². The van der Waals surface area contributed by atoms with Crippen LogP contribution in [0.1, 0.15) is 171 Å². The zero-order chi connectivity index (χ0) is 70.2. The van der Waals surface area contributed by atoms with Crippen molar-refractivity contribution in [2.45, 2.75) is 173 Å². The standard InChI is InChI=1S/2C25H29F3N4O2.C18H24F2N4O2/c1-24(2,3)20(29-23(33)34-25(4,5)6)22-30-21(18-13-17(27)10-11-19(18)28)31-32(22)14-15-8-7-9-16(26)12-15;1-24(2,3)20(29-23(33)34-25(4,5)6)22-30-21(17-13-16(26)11-12-19(17)28)31-32(22)14-15-9-7-8-10-18(15)27;1-17(2,3)13(21-16(25)26-18(4,5)6)15-22-14(23-24-15)11-9-10(19)7-8-12(11)20/h2*7-13,20H,14H2,1-6H3,(H,29,33);7-9,13H,1-6H3,(H,21,25)(H,22,23,24)/t2*20-;13-/m000/s1. The fourth-order valence-corrected chi connectivity index (χ4v) is 9.03. The van der Waals surface area contributed by atoms with Crippen molar-refractivity contribution in [1.82, 2.24) is 60.7 Å². The average Bonchev–Trinajstić information content (AvgIpc) is 1.64. The third-order valence-electron chi connectivity index (χ3n) is 13.3. The number of aromatic amines is 1. The second kappa shape index (κ2) is 29.4. The maximum absolute atomic E-state index is 14.5. The molecule has 8 rings (SSSR count). The summed E-state index contributed by atoms with van der Waals surface area (Å²) >= 11 is 0. The molecule has 0 saturated heterocycles. The predicted molar refractivity (Wildman–Crippen MR) is 338 cm³/mol. The van der Waals surface area contributed by atoms with Gasteiger partial charge in [0.25, 0.3) is 0 Å². The summed E-state index contributed by atoms with van der Waals surface area (Å²) in [5.74, 6) is -4.04. The van der Waals surface area contributed by atoms with Crippen LogP contribution >= 0.6 is 0 Å². The van der Waals surface area contributed by atoms with Crippen molar-refractivity contribution in [3.8, 4) is 34.2 Å². The Balaban J connectivity index is 0.000000226. The van der Waals surface area contributed by atoms with Gasteiger partial charge in [0, 0.05) is 5.56 Å². The van der Waals surface area contributed by atoms with Crippen LogP contribution in [0, 0.1) is 62.8 Å². The van der Waals surface area contributed by atoms with E-state index in [1.54, 1.807) is 92.6 Å². The third kappa shape index (κ3) is 21.4. The van der Waals surface area contributed by atoms with Gasteiger partial charge in [-0.25, -0.2) is 73.8 Å². The number of halogens is 8. The predicted octanol–water partition coefficient (Wildman–Crippen LogP) is 16.4. The highest BCUT2D eigenvalue weighted by Crippen LogP contribution is 2.37. The van der Waals surface area contributed by atoms with Crippen LogP contribution in [0.25, 0.3) is 34.2 Å². The van der Waals surface area contributed by atoms with E-state index in [1.165, 1.54) is 27.6 Å². The molecule has 0 fully saturated rings. The number of nitrogens with one attached hydrogen (secondary N) is 4. The van der Waals surface area contributed by atoms with Crippen LogP contribution in [0.3, 0.4) is 0 Å². The largest absolute Gasteiger partial charge is 0.444 e. The zero-order valence-electron chi connectivity index (χ0n) is 56.0. The van der Waals surface area contributed by atoms with Crippen LogP contribution in [0.2, 0.25) is 0 Å². The van der Waals surface area contributed by atoms with E-state index in [4.69, 9.17) is 14.2 Å². The number of rotatable bonds is 13. The van der Waals surface area contributed by atoms with Gasteiger partial charge in [-0.1, -0.05) is 92.6 Å².